The van der Waals surface area contributed by atoms with Gasteiger partial charge in [-0.2, -0.15) is 4.31 Å². The molecule has 1 atom stereocenters. The second kappa shape index (κ2) is 7.97. The van der Waals surface area contributed by atoms with Crippen LogP contribution >= 0.6 is 0 Å². The van der Waals surface area contributed by atoms with Gasteiger partial charge in [-0.25, -0.2) is 8.42 Å². The van der Waals surface area contributed by atoms with Crippen molar-refractivity contribution in [3.63, 3.8) is 0 Å². The van der Waals surface area contributed by atoms with Crippen LogP contribution in [0.25, 0.3) is 0 Å². The zero-order valence-corrected chi connectivity index (χ0v) is 17.1. The van der Waals surface area contributed by atoms with E-state index in [1.165, 1.54) is 23.6 Å². The summed E-state index contributed by atoms with van der Waals surface area (Å²) in [6.07, 6.45) is 3.70. The highest BCUT2D eigenvalue weighted by Crippen LogP contribution is 2.35. The molecule has 0 aliphatic carbocycles. The first-order chi connectivity index (χ1) is 12.3. The van der Waals surface area contributed by atoms with Gasteiger partial charge in [-0.1, -0.05) is 32.4 Å². The second-order valence-electron chi connectivity index (χ2n) is 8.05. The fourth-order valence-electron chi connectivity index (χ4n) is 4.07. The Morgan fingerprint density at radius 1 is 1.15 bits per heavy atom. The Morgan fingerprint density at radius 3 is 2.58 bits per heavy atom. The maximum atomic E-state index is 12.9. The minimum Gasteiger partial charge on any atom is -0.379 e. The van der Waals surface area contributed by atoms with Gasteiger partial charge in [-0.3, -0.25) is 4.90 Å². The fraction of sp³-hybridized carbons (Fsp3) is 0.700. The van der Waals surface area contributed by atoms with Crippen molar-refractivity contribution in [3.05, 3.63) is 29.8 Å². The average molecular weight is 381 g/mol. The summed E-state index contributed by atoms with van der Waals surface area (Å²) >= 11 is 0. The van der Waals surface area contributed by atoms with Gasteiger partial charge in [0.1, 0.15) is 0 Å². The second-order valence-corrected chi connectivity index (χ2v) is 9.99. The van der Waals surface area contributed by atoms with Gasteiger partial charge < -0.3 is 4.74 Å². The van der Waals surface area contributed by atoms with E-state index in [9.17, 15) is 8.42 Å². The molecule has 0 saturated carbocycles. The van der Waals surface area contributed by atoms with Crippen molar-refractivity contribution in [2.45, 2.75) is 57.0 Å². The quantitative estimate of drug-likeness (QED) is 0.788. The van der Waals surface area contributed by atoms with E-state index in [1.54, 1.807) is 6.07 Å². The van der Waals surface area contributed by atoms with Gasteiger partial charge in [-0.05, 0) is 49.9 Å². The summed E-state index contributed by atoms with van der Waals surface area (Å²) < 4.78 is 32.7. The summed E-state index contributed by atoms with van der Waals surface area (Å²) in [5.41, 5.74) is 1.25. The van der Waals surface area contributed by atoms with E-state index >= 15 is 0 Å². The molecule has 5 nitrogen and oxygen atoms in total. The predicted octanol–water partition coefficient (Wildman–Crippen LogP) is 3.11. The Bertz CT molecular complexity index is 714. The molecule has 1 unspecified atom stereocenters. The number of likely N-dealkylation sites (tertiary alicyclic amines) is 1. The van der Waals surface area contributed by atoms with Crippen molar-refractivity contribution < 1.29 is 13.2 Å². The number of piperidine rings is 1. The van der Waals surface area contributed by atoms with Gasteiger partial charge in [0.25, 0.3) is 0 Å². The van der Waals surface area contributed by atoms with Crippen LogP contribution in [0.15, 0.2) is 29.2 Å². The largest absolute Gasteiger partial charge is 0.379 e. The molecular formula is C20H32N2O3S. The highest BCUT2D eigenvalue weighted by molar-refractivity contribution is 7.89. The summed E-state index contributed by atoms with van der Waals surface area (Å²) in [5.74, 6) is 0.572. The third kappa shape index (κ3) is 3.98. The molecule has 1 aromatic rings. The normalized spacial score (nSPS) is 26.3. The number of benzene rings is 1. The first-order valence-corrected chi connectivity index (χ1v) is 11.2. The average Bonchev–Trinajstić information content (AvgIpc) is 2.64. The summed E-state index contributed by atoms with van der Waals surface area (Å²) in [5, 5.41) is 0. The van der Waals surface area contributed by atoms with E-state index in [2.05, 4.69) is 25.7 Å². The summed E-state index contributed by atoms with van der Waals surface area (Å²) in [7, 11) is -3.44. The molecule has 0 aromatic heterocycles. The van der Waals surface area contributed by atoms with Crippen LogP contribution in [0.1, 0.15) is 45.6 Å². The lowest BCUT2D eigenvalue weighted by Crippen LogP contribution is -2.52. The van der Waals surface area contributed by atoms with Crippen molar-refractivity contribution in [2.75, 3.05) is 32.8 Å². The molecule has 0 bridgehead atoms. The SMILES string of the molecule is CC(C)C1(C)CCCCN1Cc1cccc(S(=O)(=O)N2CCOCC2)c1. The smallest absolute Gasteiger partial charge is 0.243 e. The van der Waals surface area contributed by atoms with Gasteiger partial charge in [0, 0.05) is 25.2 Å². The van der Waals surface area contributed by atoms with Crippen molar-refractivity contribution >= 4 is 10.0 Å². The molecule has 2 heterocycles. The fourth-order valence-corrected chi connectivity index (χ4v) is 5.55. The Hall–Kier alpha value is -0.950. The molecule has 0 amide bonds. The van der Waals surface area contributed by atoms with Crippen LogP contribution in [-0.4, -0.2) is 56.0 Å². The molecule has 2 aliphatic heterocycles. The molecular weight excluding hydrogens is 348 g/mol. The van der Waals surface area contributed by atoms with Gasteiger partial charge in [0.2, 0.25) is 10.0 Å². The van der Waals surface area contributed by atoms with Crippen LogP contribution in [0.3, 0.4) is 0 Å². The molecule has 6 heteroatoms. The van der Waals surface area contributed by atoms with Crippen molar-refractivity contribution in [3.8, 4) is 0 Å². The zero-order chi connectivity index (χ0) is 18.8. The molecule has 0 N–H and O–H groups in total. The monoisotopic (exact) mass is 380 g/mol. The summed E-state index contributed by atoms with van der Waals surface area (Å²) in [4.78, 5) is 2.95. The minimum atomic E-state index is -3.44. The molecule has 2 saturated heterocycles. The third-order valence-electron chi connectivity index (χ3n) is 6.21. The van der Waals surface area contributed by atoms with Crippen LogP contribution in [0.5, 0.6) is 0 Å². The Labute approximate surface area is 158 Å². The highest BCUT2D eigenvalue weighted by atomic mass is 32.2. The first-order valence-electron chi connectivity index (χ1n) is 9.76. The van der Waals surface area contributed by atoms with E-state index < -0.39 is 10.0 Å². The summed E-state index contributed by atoms with van der Waals surface area (Å²) in [6.45, 7) is 10.6. The number of sulfonamides is 1. The standard InChI is InChI=1S/C20H32N2O3S/c1-17(2)20(3)9-4-5-10-21(20)16-18-7-6-8-19(15-18)26(23,24)22-11-13-25-14-12-22/h6-8,15,17H,4-5,9-14,16H2,1-3H3. The predicted molar refractivity (Wildman–Crippen MR) is 104 cm³/mol. The van der Waals surface area contributed by atoms with E-state index in [0.717, 1.165) is 18.7 Å². The Morgan fingerprint density at radius 2 is 1.88 bits per heavy atom. The third-order valence-corrected chi connectivity index (χ3v) is 8.10. The number of hydrogen-bond donors (Lipinski definition) is 0. The van der Waals surface area contributed by atoms with E-state index in [-0.39, 0.29) is 5.54 Å². The van der Waals surface area contributed by atoms with Gasteiger partial charge in [0.15, 0.2) is 0 Å². The molecule has 1 aromatic carbocycles. The number of hydrogen-bond acceptors (Lipinski definition) is 4. The molecule has 0 spiro atoms. The van der Waals surface area contributed by atoms with Gasteiger partial charge in [0.05, 0.1) is 18.1 Å². The van der Waals surface area contributed by atoms with Crippen LogP contribution in [0.2, 0.25) is 0 Å². The van der Waals surface area contributed by atoms with Crippen LogP contribution < -0.4 is 0 Å². The lowest BCUT2D eigenvalue weighted by atomic mass is 9.79. The number of rotatable bonds is 5. The summed E-state index contributed by atoms with van der Waals surface area (Å²) in [6, 6.07) is 7.50. The molecule has 26 heavy (non-hydrogen) atoms. The van der Waals surface area contributed by atoms with Crippen LogP contribution in [0.4, 0.5) is 0 Å². The number of nitrogens with zero attached hydrogens (tertiary/aromatic N) is 2. The molecule has 2 fully saturated rings. The lowest BCUT2D eigenvalue weighted by Gasteiger charge is -2.48. The highest BCUT2D eigenvalue weighted by Gasteiger charge is 2.37. The topological polar surface area (TPSA) is 49.9 Å². The van der Waals surface area contributed by atoms with Crippen molar-refractivity contribution in [1.82, 2.24) is 9.21 Å². The van der Waals surface area contributed by atoms with E-state index in [4.69, 9.17) is 4.74 Å². The molecule has 0 radical (unpaired) electrons. The number of morpholine rings is 1. The van der Waals surface area contributed by atoms with Gasteiger partial charge >= 0.3 is 0 Å². The van der Waals surface area contributed by atoms with Crippen LogP contribution in [-0.2, 0) is 21.3 Å². The maximum absolute atomic E-state index is 12.9. The zero-order valence-electron chi connectivity index (χ0n) is 16.3. The number of ether oxygens (including phenoxy) is 1. The maximum Gasteiger partial charge on any atom is 0.243 e. The van der Waals surface area contributed by atoms with Crippen molar-refractivity contribution in [1.29, 1.82) is 0 Å². The lowest BCUT2D eigenvalue weighted by molar-refractivity contribution is 0.0163. The Balaban J connectivity index is 1.81. The van der Waals surface area contributed by atoms with Crippen molar-refractivity contribution in [2.24, 2.45) is 5.92 Å². The van der Waals surface area contributed by atoms with E-state index in [0.29, 0.717) is 37.1 Å². The van der Waals surface area contributed by atoms with Crippen LogP contribution in [0, 0.1) is 5.92 Å². The molecule has 3 rings (SSSR count). The molecule has 146 valence electrons. The van der Waals surface area contributed by atoms with Gasteiger partial charge in [-0.15, -0.1) is 0 Å². The molecule has 2 aliphatic rings. The minimum absolute atomic E-state index is 0.178. The van der Waals surface area contributed by atoms with E-state index in [1.807, 2.05) is 18.2 Å². The first kappa shape index (κ1) is 19.8. The Kier molecular flexibility index (Phi) is 6.07.